The van der Waals surface area contributed by atoms with Crippen LogP contribution in [0.5, 0.6) is 0 Å². The molecule has 8 heteroatoms. The van der Waals surface area contributed by atoms with Gasteiger partial charge in [0.15, 0.2) is 0 Å². The molecule has 0 bridgehead atoms. The molecule has 0 aromatic heterocycles. The summed E-state index contributed by atoms with van der Waals surface area (Å²) in [7, 11) is 0. The summed E-state index contributed by atoms with van der Waals surface area (Å²) in [5, 5.41) is 5.96. The zero-order chi connectivity index (χ0) is 40.6. The number of rotatable bonds is 25. The Bertz CT molecular complexity index is 1240. The number of carbonyl (C=O) groups excluding carboxylic acids is 3. The zero-order valence-corrected chi connectivity index (χ0v) is 37.1. The number of fused-ring (bicyclic) bond motifs is 5. The minimum absolute atomic E-state index is 0.0252. The van der Waals surface area contributed by atoms with Crippen LogP contribution < -0.4 is 16.4 Å². The molecule has 4 aliphatic carbocycles. The third kappa shape index (κ3) is 13.2. The van der Waals surface area contributed by atoms with Crippen LogP contribution >= 0.6 is 0 Å². The van der Waals surface area contributed by atoms with Gasteiger partial charge in [0.25, 0.3) is 0 Å². The Hall–Kier alpha value is -2.09. The first kappa shape index (κ1) is 46.6. The first-order valence-electron chi connectivity index (χ1n) is 23.8. The maximum atomic E-state index is 13.7. The molecular formula is C48H86N4O4. The summed E-state index contributed by atoms with van der Waals surface area (Å²) < 4.78 is 6.25. The van der Waals surface area contributed by atoms with Crippen molar-refractivity contribution in [3.63, 3.8) is 0 Å². The van der Waals surface area contributed by atoms with E-state index in [1.54, 1.807) is 4.90 Å². The highest BCUT2D eigenvalue weighted by Gasteiger charge is 2.59. The van der Waals surface area contributed by atoms with Gasteiger partial charge in [0.1, 0.15) is 12.6 Å². The molecule has 0 aromatic rings. The second-order valence-corrected chi connectivity index (χ2v) is 19.7. The molecule has 8 atom stereocenters. The van der Waals surface area contributed by atoms with Crippen molar-refractivity contribution in [3.8, 4) is 0 Å². The van der Waals surface area contributed by atoms with Gasteiger partial charge in [-0.25, -0.2) is 4.79 Å². The van der Waals surface area contributed by atoms with Gasteiger partial charge in [-0.05, 0) is 124 Å². The third-order valence-electron chi connectivity index (χ3n) is 15.3. The fourth-order valence-electron chi connectivity index (χ4n) is 11.9. The lowest BCUT2D eigenvalue weighted by Crippen LogP contribution is -2.51. The van der Waals surface area contributed by atoms with Crippen LogP contribution in [0.3, 0.4) is 0 Å². The van der Waals surface area contributed by atoms with Crippen molar-refractivity contribution < 1.29 is 19.1 Å². The van der Waals surface area contributed by atoms with E-state index < -0.39 is 6.09 Å². The van der Waals surface area contributed by atoms with Gasteiger partial charge < -0.3 is 21.1 Å². The monoisotopic (exact) mass is 783 g/mol. The topological polar surface area (TPSA) is 114 Å². The lowest BCUT2D eigenvalue weighted by Gasteiger charge is -2.58. The lowest BCUT2D eigenvalue weighted by molar-refractivity contribution is -0.122. The van der Waals surface area contributed by atoms with Gasteiger partial charge in [0, 0.05) is 32.5 Å². The molecule has 0 aliphatic heterocycles. The molecule has 3 amide bonds. The van der Waals surface area contributed by atoms with E-state index in [-0.39, 0.29) is 29.9 Å². The summed E-state index contributed by atoms with van der Waals surface area (Å²) in [5.74, 6) is 4.74. The van der Waals surface area contributed by atoms with Gasteiger partial charge in [-0.1, -0.05) is 117 Å². The second-order valence-electron chi connectivity index (χ2n) is 19.7. The van der Waals surface area contributed by atoms with Crippen molar-refractivity contribution in [2.45, 2.75) is 195 Å². The van der Waals surface area contributed by atoms with Crippen molar-refractivity contribution in [2.75, 3.05) is 32.7 Å². The van der Waals surface area contributed by atoms with Crippen LogP contribution in [-0.4, -0.2) is 61.6 Å². The lowest BCUT2D eigenvalue weighted by atomic mass is 9.47. The quantitative estimate of drug-likeness (QED) is 0.0630. The van der Waals surface area contributed by atoms with E-state index in [1.807, 2.05) is 0 Å². The summed E-state index contributed by atoms with van der Waals surface area (Å²) >= 11 is 0. The van der Waals surface area contributed by atoms with Gasteiger partial charge in [0.05, 0.1) is 0 Å². The van der Waals surface area contributed by atoms with E-state index in [0.29, 0.717) is 50.9 Å². The predicted molar refractivity (Wildman–Crippen MR) is 231 cm³/mol. The average molecular weight is 783 g/mol. The molecule has 0 heterocycles. The molecular weight excluding hydrogens is 697 g/mol. The highest BCUT2D eigenvalue weighted by atomic mass is 16.6. The first-order chi connectivity index (χ1) is 26.9. The predicted octanol–water partition coefficient (Wildman–Crippen LogP) is 10.7. The number of nitrogens with two attached hydrogens (primary N) is 1. The average Bonchev–Trinajstić information content (AvgIpc) is 3.52. The van der Waals surface area contributed by atoms with Gasteiger partial charge in [-0.2, -0.15) is 0 Å². The van der Waals surface area contributed by atoms with Gasteiger partial charge in [0.2, 0.25) is 11.8 Å². The fourth-order valence-corrected chi connectivity index (χ4v) is 11.9. The molecule has 3 fully saturated rings. The molecule has 3 saturated carbocycles. The number of nitrogens with one attached hydrogen (secondary N) is 2. The number of allylic oxidation sites excluding steroid dienone is 1. The smallest absolute Gasteiger partial charge is 0.410 e. The summed E-state index contributed by atoms with van der Waals surface area (Å²) in [6.45, 7) is 16.7. The number of nitrogens with zero attached hydrogens (tertiary/aromatic N) is 1. The fraction of sp³-hybridized carbons (Fsp3) is 0.896. The van der Waals surface area contributed by atoms with Gasteiger partial charge in [-0.3, -0.25) is 14.5 Å². The Balaban J connectivity index is 1.26. The summed E-state index contributed by atoms with van der Waals surface area (Å²) in [4.78, 5) is 40.5. The highest BCUT2D eigenvalue weighted by molar-refractivity contribution is 5.82. The largest absolute Gasteiger partial charge is 0.446 e. The van der Waals surface area contributed by atoms with Crippen molar-refractivity contribution >= 4 is 17.9 Å². The molecule has 322 valence electrons. The molecule has 4 N–H and O–H groups in total. The maximum Gasteiger partial charge on any atom is 0.410 e. The number of amides is 3. The van der Waals surface area contributed by atoms with E-state index in [4.69, 9.17) is 10.5 Å². The minimum Gasteiger partial charge on any atom is -0.446 e. The summed E-state index contributed by atoms with van der Waals surface area (Å²) in [6.07, 6.45) is 28.0. The second kappa shape index (κ2) is 23.5. The van der Waals surface area contributed by atoms with Crippen LogP contribution in [0.1, 0.15) is 189 Å². The minimum atomic E-state index is -0.395. The van der Waals surface area contributed by atoms with Crippen LogP contribution in [0, 0.1) is 46.3 Å². The molecule has 0 spiro atoms. The molecule has 0 radical (unpaired) electrons. The van der Waals surface area contributed by atoms with Crippen LogP contribution in [0.4, 0.5) is 4.79 Å². The van der Waals surface area contributed by atoms with Crippen LogP contribution in [-0.2, 0) is 14.3 Å². The molecule has 4 rings (SSSR count). The van der Waals surface area contributed by atoms with Crippen LogP contribution in [0.2, 0.25) is 0 Å². The third-order valence-corrected chi connectivity index (χ3v) is 15.3. The molecule has 0 aromatic carbocycles. The molecule has 0 unspecified atom stereocenters. The van der Waals surface area contributed by atoms with Gasteiger partial charge >= 0.3 is 6.09 Å². The Labute approximate surface area is 343 Å². The van der Waals surface area contributed by atoms with E-state index in [2.05, 4.69) is 58.3 Å². The Morgan fingerprint density at radius 2 is 1.54 bits per heavy atom. The van der Waals surface area contributed by atoms with E-state index in [1.165, 1.54) is 95.5 Å². The summed E-state index contributed by atoms with van der Waals surface area (Å²) in [5.41, 5.74) is 7.81. The zero-order valence-electron chi connectivity index (χ0n) is 37.1. The Morgan fingerprint density at radius 3 is 2.27 bits per heavy atom. The van der Waals surface area contributed by atoms with E-state index in [0.717, 1.165) is 74.0 Å². The van der Waals surface area contributed by atoms with Crippen molar-refractivity contribution in [3.05, 3.63) is 11.6 Å². The number of hydrogen-bond donors (Lipinski definition) is 3. The SMILES string of the molecule is CCCCCCCCCCC(=O)NCCCCN(CC(=O)NCCCN)C(=O)O[C@H]1CC[C@@]2(C)C(=CC[C@H]3[C@@H]4CC[C@H]([C@H](C)CCCC(C)C)[C@@]4(C)CC[C@@H]32)C1. The normalized spacial score (nSPS) is 28.8. The number of ether oxygens (including phenoxy) is 1. The maximum absolute atomic E-state index is 13.7. The van der Waals surface area contributed by atoms with Crippen LogP contribution in [0.25, 0.3) is 0 Å². The Morgan fingerprint density at radius 1 is 0.821 bits per heavy atom. The van der Waals surface area contributed by atoms with Crippen molar-refractivity contribution in [2.24, 2.45) is 52.1 Å². The standard InChI is InChI=1S/C48H86N4O4/c1-7-8-9-10-11-12-13-14-21-44(53)50-31-15-16-33-52(35-45(54)51-32-18-30-49)46(55)56-39-26-28-47(5)38(34-39)22-23-40-42-25-24-41(37(4)20-17-19-36(2)3)48(42,6)29-27-43(40)47/h22,36-37,39-43H,7-21,23-35,49H2,1-6H3,(H,50,53)(H,51,54)/t37-,39+,40+,41-,42+,43+,47+,48-/m1/s1. The van der Waals surface area contributed by atoms with E-state index >= 15 is 0 Å². The number of hydrogen-bond acceptors (Lipinski definition) is 5. The first-order valence-corrected chi connectivity index (χ1v) is 23.8. The van der Waals surface area contributed by atoms with Gasteiger partial charge in [-0.15, -0.1) is 0 Å². The van der Waals surface area contributed by atoms with E-state index in [9.17, 15) is 14.4 Å². The molecule has 4 aliphatic rings. The number of carbonyl (C=O) groups is 3. The summed E-state index contributed by atoms with van der Waals surface area (Å²) in [6, 6.07) is 0. The Kier molecular flexibility index (Phi) is 19.5. The molecule has 0 saturated heterocycles. The van der Waals surface area contributed by atoms with Crippen molar-refractivity contribution in [1.29, 1.82) is 0 Å². The molecule has 56 heavy (non-hydrogen) atoms. The van der Waals surface area contributed by atoms with Crippen molar-refractivity contribution in [1.82, 2.24) is 15.5 Å². The van der Waals surface area contributed by atoms with Crippen LogP contribution in [0.15, 0.2) is 11.6 Å². The molecule has 8 nitrogen and oxygen atoms in total. The highest BCUT2D eigenvalue weighted by Crippen LogP contribution is 2.67. The number of unbranched alkanes of at least 4 members (excludes halogenated alkanes) is 8.